The Morgan fingerprint density at radius 3 is 2.90 bits per heavy atom. The number of benzene rings is 1. The molecule has 1 fully saturated rings. The number of aliphatic hydroxyl groups is 1. The van der Waals surface area contributed by atoms with Crippen molar-refractivity contribution in [3.63, 3.8) is 0 Å². The summed E-state index contributed by atoms with van der Waals surface area (Å²) >= 11 is 0. The van der Waals surface area contributed by atoms with Crippen LogP contribution in [0.1, 0.15) is 18.4 Å². The predicted octanol–water partition coefficient (Wildman–Crippen LogP) is 0.735. The lowest BCUT2D eigenvalue weighted by molar-refractivity contribution is 0.0568. The molecule has 5 nitrogen and oxygen atoms in total. The molecule has 1 aliphatic rings. The van der Waals surface area contributed by atoms with Crippen LogP contribution in [0.15, 0.2) is 29.2 Å². The molecule has 6 heteroatoms. The largest absolute Gasteiger partial charge is 0.384 e. The van der Waals surface area contributed by atoms with E-state index in [1.807, 2.05) is 0 Å². The summed E-state index contributed by atoms with van der Waals surface area (Å²) in [7, 11) is -3.61. The van der Waals surface area contributed by atoms with Crippen molar-refractivity contribution in [2.24, 2.45) is 5.92 Å². The maximum absolute atomic E-state index is 12.4. The molecule has 1 unspecified atom stereocenters. The quantitative estimate of drug-likeness (QED) is 0.804. The van der Waals surface area contributed by atoms with Crippen molar-refractivity contribution in [2.75, 3.05) is 26.4 Å². The fourth-order valence-corrected chi connectivity index (χ4v) is 3.49. The van der Waals surface area contributed by atoms with Gasteiger partial charge in [0.25, 0.3) is 0 Å². The maximum atomic E-state index is 12.4. The van der Waals surface area contributed by atoms with Gasteiger partial charge in [0, 0.05) is 18.7 Å². The molecule has 21 heavy (non-hydrogen) atoms. The van der Waals surface area contributed by atoms with E-state index in [0.717, 1.165) is 19.4 Å². The van der Waals surface area contributed by atoms with Crippen molar-refractivity contribution in [3.8, 4) is 11.8 Å². The average Bonchev–Trinajstić information content (AvgIpc) is 2.52. The van der Waals surface area contributed by atoms with E-state index in [0.29, 0.717) is 18.7 Å². The molecule has 0 radical (unpaired) electrons. The fraction of sp³-hybridized carbons (Fsp3) is 0.467. The number of rotatable bonds is 4. The fourth-order valence-electron chi connectivity index (χ4n) is 2.21. The maximum Gasteiger partial charge on any atom is 0.241 e. The third-order valence-corrected chi connectivity index (χ3v) is 4.78. The Bertz CT molecular complexity index is 625. The molecule has 2 N–H and O–H groups in total. The zero-order chi connectivity index (χ0) is 15.1. The predicted molar refractivity (Wildman–Crippen MR) is 79.1 cm³/mol. The van der Waals surface area contributed by atoms with E-state index >= 15 is 0 Å². The Hall–Kier alpha value is -1.39. The van der Waals surface area contributed by atoms with Gasteiger partial charge in [0.2, 0.25) is 10.0 Å². The van der Waals surface area contributed by atoms with E-state index < -0.39 is 10.0 Å². The lowest BCUT2D eigenvalue weighted by atomic mass is 10.0. The number of sulfonamides is 1. The summed E-state index contributed by atoms with van der Waals surface area (Å²) < 4.78 is 32.7. The van der Waals surface area contributed by atoms with E-state index in [-0.39, 0.29) is 17.4 Å². The molecule has 0 saturated carbocycles. The average molecular weight is 309 g/mol. The van der Waals surface area contributed by atoms with E-state index in [1.54, 1.807) is 18.2 Å². The van der Waals surface area contributed by atoms with Gasteiger partial charge in [0.15, 0.2) is 0 Å². The summed E-state index contributed by atoms with van der Waals surface area (Å²) in [6.45, 7) is 1.41. The summed E-state index contributed by atoms with van der Waals surface area (Å²) in [5.74, 6) is 5.35. The minimum atomic E-state index is -3.61. The highest BCUT2D eigenvalue weighted by atomic mass is 32.2. The standard InChI is InChI=1S/C15H19NO4S/c17-9-3-7-14-6-1-2-8-15(14)21(18,19)16-11-13-5-4-10-20-12-13/h1-2,6,8,13,16-17H,4-5,9-12H2. The smallest absolute Gasteiger partial charge is 0.241 e. The van der Waals surface area contributed by atoms with Crippen molar-refractivity contribution in [3.05, 3.63) is 29.8 Å². The highest BCUT2D eigenvalue weighted by Gasteiger charge is 2.20. The van der Waals surface area contributed by atoms with Crippen LogP contribution >= 0.6 is 0 Å². The molecule has 1 saturated heterocycles. The van der Waals surface area contributed by atoms with Gasteiger partial charge in [-0.15, -0.1) is 0 Å². The second kappa shape index (κ2) is 7.57. The second-order valence-corrected chi connectivity index (χ2v) is 6.63. The molecule has 2 rings (SSSR count). The molecule has 0 spiro atoms. The van der Waals surface area contributed by atoms with Crippen LogP contribution in [0.5, 0.6) is 0 Å². The highest BCUT2D eigenvalue weighted by Crippen LogP contribution is 2.16. The number of hydrogen-bond acceptors (Lipinski definition) is 4. The number of aliphatic hydroxyl groups excluding tert-OH is 1. The number of nitrogens with one attached hydrogen (secondary N) is 1. The van der Waals surface area contributed by atoms with E-state index in [1.165, 1.54) is 6.07 Å². The molecular formula is C15H19NO4S. The van der Waals surface area contributed by atoms with E-state index in [4.69, 9.17) is 9.84 Å². The van der Waals surface area contributed by atoms with E-state index in [9.17, 15) is 8.42 Å². The van der Waals surface area contributed by atoms with Crippen LogP contribution in [0.25, 0.3) is 0 Å². The van der Waals surface area contributed by atoms with Crippen LogP contribution in [0, 0.1) is 17.8 Å². The second-order valence-electron chi connectivity index (χ2n) is 4.89. The number of hydrogen-bond donors (Lipinski definition) is 2. The topological polar surface area (TPSA) is 75.6 Å². The lowest BCUT2D eigenvalue weighted by Gasteiger charge is -2.22. The van der Waals surface area contributed by atoms with Crippen LogP contribution in [-0.2, 0) is 14.8 Å². The van der Waals surface area contributed by atoms with Crippen LogP contribution in [-0.4, -0.2) is 39.9 Å². The Balaban J connectivity index is 2.11. The van der Waals surface area contributed by atoms with Gasteiger partial charge in [0.05, 0.1) is 11.5 Å². The molecule has 0 amide bonds. The minimum Gasteiger partial charge on any atom is -0.384 e. The van der Waals surface area contributed by atoms with Crippen LogP contribution in [0.3, 0.4) is 0 Å². The van der Waals surface area contributed by atoms with Crippen molar-refractivity contribution in [1.29, 1.82) is 0 Å². The van der Waals surface area contributed by atoms with Gasteiger partial charge >= 0.3 is 0 Å². The van der Waals surface area contributed by atoms with Gasteiger partial charge in [-0.1, -0.05) is 24.0 Å². The summed E-state index contributed by atoms with van der Waals surface area (Å²) in [4.78, 5) is 0.141. The highest BCUT2D eigenvalue weighted by molar-refractivity contribution is 7.89. The normalized spacial score (nSPS) is 18.8. The summed E-state index contributed by atoms with van der Waals surface area (Å²) in [5, 5.41) is 8.74. The first-order chi connectivity index (χ1) is 10.1. The Labute approximate surface area is 125 Å². The van der Waals surface area contributed by atoms with Gasteiger partial charge in [-0.25, -0.2) is 13.1 Å². The monoisotopic (exact) mass is 309 g/mol. The van der Waals surface area contributed by atoms with Crippen LogP contribution in [0.2, 0.25) is 0 Å². The van der Waals surface area contributed by atoms with E-state index in [2.05, 4.69) is 16.6 Å². The first-order valence-electron chi connectivity index (χ1n) is 6.89. The molecule has 0 aliphatic carbocycles. The zero-order valence-electron chi connectivity index (χ0n) is 11.7. The van der Waals surface area contributed by atoms with Gasteiger partial charge in [0.1, 0.15) is 6.61 Å². The summed E-state index contributed by atoms with van der Waals surface area (Å²) in [6.07, 6.45) is 1.93. The molecule has 1 aliphatic heterocycles. The van der Waals surface area contributed by atoms with Gasteiger partial charge < -0.3 is 9.84 Å². The molecule has 1 aromatic rings. The molecule has 114 valence electrons. The molecule has 1 atom stereocenters. The van der Waals surface area contributed by atoms with Gasteiger partial charge in [-0.05, 0) is 30.9 Å². The SMILES string of the molecule is O=S(=O)(NCC1CCCOC1)c1ccccc1C#CCO. The Kier molecular flexibility index (Phi) is 5.76. The molecule has 0 aromatic heterocycles. The van der Waals surface area contributed by atoms with Crippen molar-refractivity contribution in [2.45, 2.75) is 17.7 Å². The number of ether oxygens (including phenoxy) is 1. The Morgan fingerprint density at radius 2 is 2.19 bits per heavy atom. The Morgan fingerprint density at radius 1 is 1.38 bits per heavy atom. The van der Waals surface area contributed by atoms with Gasteiger partial charge in [-0.2, -0.15) is 0 Å². The molecule has 1 aromatic carbocycles. The third kappa shape index (κ3) is 4.55. The molecular weight excluding hydrogens is 290 g/mol. The summed E-state index contributed by atoms with van der Waals surface area (Å²) in [6, 6.07) is 6.51. The van der Waals surface area contributed by atoms with Crippen LogP contribution < -0.4 is 4.72 Å². The third-order valence-electron chi connectivity index (χ3n) is 3.30. The molecule has 0 bridgehead atoms. The molecule has 1 heterocycles. The minimum absolute atomic E-state index is 0.141. The zero-order valence-corrected chi connectivity index (χ0v) is 12.5. The van der Waals surface area contributed by atoms with Crippen molar-refractivity contribution in [1.82, 2.24) is 4.72 Å². The van der Waals surface area contributed by atoms with Crippen molar-refractivity contribution >= 4 is 10.0 Å². The summed E-state index contributed by atoms with van der Waals surface area (Å²) in [5.41, 5.74) is 0.388. The van der Waals surface area contributed by atoms with Crippen molar-refractivity contribution < 1.29 is 18.3 Å². The van der Waals surface area contributed by atoms with Gasteiger partial charge in [-0.3, -0.25) is 0 Å². The first-order valence-corrected chi connectivity index (χ1v) is 8.38. The lowest BCUT2D eigenvalue weighted by Crippen LogP contribution is -2.33. The van der Waals surface area contributed by atoms with Crippen LogP contribution in [0.4, 0.5) is 0 Å². The first kappa shape index (κ1) is 16.0.